The molecule has 3 aromatic heterocycles. The molecule has 2 aliphatic heterocycles. The third-order valence-electron chi connectivity index (χ3n) is 6.56. The van der Waals surface area contributed by atoms with Gasteiger partial charge < -0.3 is 14.6 Å². The molecule has 1 fully saturated rings. The predicted octanol–water partition coefficient (Wildman–Crippen LogP) is 1.61. The molecule has 30 heavy (non-hydrogen) atoms. The van der Waals surface area contributed by atoms with Crippen molar-refractivity contribution in [2.24, 2.45) is 5.92 Å². The van der Waals surface area contributed by atoms with Gasteiger partial charge in [-0.25, -0.2) is 9.50 Å². The third-order valence-corrected chi connectivity index (χ3v) is 6.56. The van der Waals surface area contributed by atoms with Crippen molar-refractivity contribution in [3.8, 4) is 0 Å². The average Bonchev–Trinajstić information content (AvgIpc) is 3.04. The highest BCUT2D eigenvalue weighted by molar-refractivity contribution is 6.01. The third kappa shape index (κ3) is 2.70. The van der Waals surface area contributed by atoms with E-state index in [1.165, 1.54) is 6.07 Å². The molecule has 5 heterocycles. The Morgan fingerprint density at radius 3 is 2.80 bits per heavy atom. The van der Waals surface area contributed by atoms with Gasteiger partial charge >= 0.3 is 0 Å². The van der Waals surface area contributed by atoms with E-state index < -0.39 is 0 Å². The zero-order chi connectivity index (χ0) is 21.2. The van der Waals surface area contributed by atoms with E-state index in [0.717, 1.165) is 23.5 Å². The molecule has 3 aromatic rings. The number of carbonyl (C=O) groups is 1. The van der Waals surface area contributed by atoms with Crippen LogP contribution >= 0.6 is 0 Å². The first kappa shape index (κ1) is 19.0. The van der Waals surface area contributed by atoms with E-state index in [1.807, 2.05) is 37.8 Å². The fraction of sp³-hybridized carbons (Fsp3) is 0.455. The largest absolute Gasteiger partial charge is 0.394 e. The van der Waals surface area contributed by atoms with Crippen molar-refractivity contribution in [2.45, 2.75) is 39.2 Å². The van der Waals surface area contributed by atoms with Crippen LogP contribution in [-0.4, -0.2) is 54.8 Å². The molecular formula is C22H25N5O3. The van der Waals surface area contributed by atoms with Crippen LogP contribution in [0.25, 0.3) is 5.65 Å². The molecule has 1 saturated heterocycles. The summed E-state index contributed by atoms with van der Waals surface area (Å²) in [4.78, 5) is 32.5. The van der Waals surface area contributed by atoms with Gasteiger partial charge in [-0.1, -0.05) is 6.07 Å². The van der Waals surface area contributed by atoms with Gasteiger partial charge in [0, 0.05) is 48.1 Å². The Morgan fingerprint density at radius 1 is 1.23 bits per heavy atom. The molecule has 0 aliphatic carbocycles. The molecule has 0 spiro atoms. The number of aromatic nitrogens is 4. The molecule has 5 rings (SSSR count). The second kappa shape index (κ2) is 6.77. The fourth-order valence-electron chi connectivity index (χ4n) is 5.28. The van der Waals surface area contributed by atoms with Crippen LogP contribution in [0.15, 0.2) is 29.1 Å². The summed E-state index contributed by atoms with van der Waals surface area (Å²) >= 11 is 0. The van der Waals surface area contributed by atoms with E-state index in [9.17, 15) is 14.7 Å². The predicted molar refractivity (Wildman–Crippen MR) is 111 cm³/mol. The highest BCUT2D eigenvalue weighted by Crippen LogP contribution is 2.41. The van der Waals surface area contributed by atoms with E-state index >= 15 is 0 Å². The molecule has 1 N–H and O–H groups in total. The number of aliphatic hydroxyl groups excluding tert-OH is 1. The first-order valence-electron chi connectivity index (χ1n) is 10.3. The Hall–Kier alpha value is -3.00. The summed E-state index contributed by atoms with van der Waals surface area (Å²) in [7, 11) is 0. The number of amides is 1. The molecule has 0 radical (unpaired) electrons. The summed E-state index contributed by atoms with van der Waals surface area (Å²) in [5, 5.41) is 14.6. The standard InChI is InChI=1S/C22H25N5O3/c1-12-7-13(2)27-21(23-12)20(14(3)24-27)22(30)25-9-15-8-16(10-25)18(11-28)26-17(15)5-4-6-19(26)29/h4-7,15-16,18,28H,8-11H2,1-3H3/t15-,16+,18+/m1/s1. The maximum absolute atomic E-state index is 13.6. The smallest absolute Gasteiger partial charge is 0.259 e. The summed E-state index contributed by atoms with van der Waals surface area (Å²) < 4.78 is 3.46. The molecule has 1 amide bonds. The van der Waals surface area contributed by atoms with Crippen LogP contribution in [0.3, 0.4) is 0 Å². The zero-order valence-corrected chi connectivity index (χ0v) is 17.4. The molecule has 2 aliphatic rings. The molecule has 0 aromatic carbocycles. The van der Waals surface area contributed by atoms with Gasteiger partial charge in [0.2, 0.25) is 0 Å². The fourth-order valence-corrected chi connectivity index (χ4v) is 5.28. The normalized spacial score (nSPS) is 22.9. The van der Waals surface area contributed by atoms with Crippen LogP contribution in [0, 0.1) is 26.7 Å². The van der Waals surface area contributed by atoms with E-state index in [2.05, 4.69) is 10.1 Å². The second-order valence-corrected chi connectivity index (χ2v) is 8.55. The number of nitrogens with zero attached hydrogens (tertiary/aromatic N) is 5. The van der Waals surface area contributed by atoms with Crippen molar-refractivity contribution in [3.05, 3.63) is 63.0 Å². The van der Waals surface area contributed by atoms with Gasteiger partial charge in [-0.15, -0.1) is 0 Å². The van der Waals surface area contributed by atoms with Crippen LogP contribution in [-0.2, 0) is 0 Å². The minimum absolute atomic E-state index is 0.0314. The summed E-state index contributed by atoms with van der Waals surface area (Å²) in [6.45, 7) is 6.63. The topological polar surface area (TPSA) is 92.7 Å². The Morgan fingerprint density at radius 2 is 2.03 bits per heavy atom. The number of fused-ring (bicyclic) bond motifs is 5. The molecular weight excluding hydrogens is 382 g/mol. The number of likely N-dealkylation sites (tertiary alicyclic amines) is 1. The average molecular weight is 407 g/mol. The van der Waals surface area contributed by atoms with Crippen molar-refractivity contribution in [1.29, 1.82) is 0 Å². The summed E-state index contributed by atoms with van der Waals surface area (Å²) in [6, 6.07) is 6.87. The summed E-state index contributed by atoms with van der Waals surface area (Å²) in [5.74, 6) is 0.0185. The monoisotopic (exact) mass is 407 g/mol. The van der Waals surface area contributed by atoms with Gasteiger partial charge in [0.15, 0.2) is 5.65 Å². The van der Waals surface area contributed by atoms with Crippen LogP contribution in [0.5, 0.6) is 0 Å². The lowest BCUT2D eigenvalue weighted by Crippen LogP contribution is -2.52. The maximum Gasteiger partial charge on any atom is 0.259 e. The first-order chi connectivity index (χ1) is 14.4. The van der Waals surface area contributed by atoms with E-state index in [-0.39, 0.29) is 36.0 Å². The molecule has 3 atom stereocenters. The molecule has 8 heteroatoms. The van der Waals surface area contributed by atoms with Crippen molar-refractivity contribution < 1.29 is 9.90 Å². The van der Waals surface area contributed by atoms with Crippen LogP contribution in [0.4, 0.5) is 0 Å². The van der Waals surface area contributed by atoms with Gasteiger partial charge in [-0.2, -0.15) is 5.10 Å². The first-order valence-corrected chi connectivity index (χ1v) is 10.3. The summed E-state index contributed by atoms with van der Waals surface area (Å²) in [6.07, 6.45) is 0.864. The lowest BCUT2D eigenvalue weighted by Gasteiger charge is -2.46. The number of hydrogen-bond acceptors (Lipinski definition) is 5. The van der Waals surface area contributed by atoms with Gasteiger partial charge in [0.1, 0.15) is 5.56 Å². The number of aliphatic hydroxyl groups is 1. The molecule has 0 unspecified atom stereocenters. The number of rotatable bonds is 2. The lowest BCUT2D eigenvalue weighted by molar-refractivity contribution is 0.0438. The van der Waals surface area contributed by atoms with Crippen LogP contribution < -0.4 is 5.56 Å². The summed E-state index contributed by atoms with van der Waals surface area (Å²) in [5.41, 5.74) is 4.37. The van der Waals surface area contributed by atoms with Crippen molar-refractivity contribution in [1.82, 2.24) is 24.1 Å². The molecule has 8 nitrogen and oxygen atoms in total. The molecule has 156 valence electrons. The Balaban J connectivity index is 1.56. The zero-order valence-electron chi connectivity index (χ0n) is 17.4. The second-order valence-electron chi connectivity index (χ2n) is 8.55. The number of carbonyl (C=O) groups excluding carboxylic acids is 1. The highest BCUT2D eigenvalue weighted by Gasteiger charge is 2.42. The highest BCUT2D eigenvalue weighted by atomic mass is 16.3. The van der Waals surface area contributed by atoms with E-state index in [1.54, 1.807) is 15.1 Å². The minimum Gasteiger partial charge on any atom is -0.394 e. The lowest BCUT2D eigenvalue weighted by atomic mass is 9.78. The van der Waals surface area contributed by atoms with Crippen molar-refractivity contribution in [2.75, 3.05) is 19.7 Å². The maximum atomic E-state index is 13.6. The number of piperidine rings is 1. The number of aryl methyl sites for hydroxylation is 3. The quantitative estimate of drug-likeness (QED) is 0.697. The van der Waals surface area contributed by atoms with Gasteiger partial charge in [0.05, 0.1) is 18.3 Å². The minimum atomic E-state index is -0.312. The number of hydrogen-bond donors (Lipinski definition) is 1. The SMILES string of the molecule is Cc1cc(C)n2nc(C)c(C(=O)N3C[C@H]4C[C@@H](C3)[C@H](CO)n3c4cccc3=O)c2n1. The van der Waals surface area contributed by atoms with Crippen molar-refractivity contribution in [3.63, 3.8) is 0 Å². The van der Waals surface area contributed by atoms with Gasteiger partial charge in [-0.3, -0.25) is 9.59 Å². The Kier molecular flexibility index (Phi) is 4.28. The van der Waals surface area contributed by atoms with Crippen LogP contribution in [0.2, 0.25) is 0 Å². The van der Waals surface area contributed by atoms with Gasteiger partial charge in [-0.05, 0) is 39.3 Å². The van der Waals surface area contributed by atoms with E-state index in [4.69, 9.17) is 0 Å². The van der Waals surface area contributed by atoms with Crippen LogP contribution in [0.1, 0.15) is 51.5 Å². The molecule has 2 bridgehead atoms. The van der Waals surface area contributed by atoms with Gasteiger partial charge in [0.25, 0.3) is 11.5 Å². The van der Waals surface area contributed by atoms with E-state index in [0.29, 0.717) is 30.0 Å². The van der Waals surface area contributed by atoms with Crippen molar-refractivity contribution >= 4 is 11.6 Å². The number of pyridine rings is 1. The Labute approximate surface area is 173 Å². The Bertz CT molecular complexity index is 1230. The molecule has 0 saturated carbocycles.